The van der Waals surface area contributed by atoms with E-state index in [1.165, 1.54) is 69.9 Å². The number of non-ortho nitro benzene ring substituents is 1. The lowest BCUT2D eigenvalue weighted by atomic mass is 9.44. The van der Waals surface area contributed by atoms with Crippen LogP contribution in [-0.2, 0) is 14.3 Å². The van der Waals surface area contributed by atoms with Crippen molar-refractivity contribution in [3.05, 3.63) is 39.9 Å². The van der Waals surface area contributed by atoms with Crippen LogP contribution in [0.4, 0.5) is 5.69 Å². The number of carbonyl (C=O) groups excluding carboxylic acids is 2. The molecular weight excluding hydrogens is 494 g/mol. The molecule has 0 bridgehead atoms. The van der Waals surface area contributed by atoms with Crippen molar-refractivity contribution in [2.45, 2.75) is 97.5 Å². The highest BCUT2D eigenvalue weighted by Crippen LogP contribution is 2.68. The van der Waals surface area contributed by atoms with Gasteiger partial charge in [-0.05, 0) is 123 Å². The Hall–Kier alpha value is -2.44. The van der Waals surface area contributed by atoms with Gasteiger partial charge in [-0.25, -0.2) is 4.79 Å². The average molecular weight is 540 g/mol. The molecule has 0 spiro atoms. The first kappa shape index (κ1) is 28.1. The summed E-state index contributed by atoms with van der Waals surface area (Å²) in [5.74, 6) is 3.63. The summed E-state index contributed by atoms with van der Waals surface area (Å²) in [5, 5.41) is 10.9. The molecule has 1 aromatic rings. The third-order valence-electron chi connectivity index (χ3n) is 12.0. The number of methoxy groups -OCH3 is 1. The van der Waals surface area contributed by atoms with E-state index in [1.807, 2.05) is 0 Å². The van der Waals surface area contributed by atoms with Crippen molar-refractivity contribution in [3.8, 4) is 0 Å². The second-order valence-corrected chi connectivity index (χ2v) is 13.6. The van der Waals surface area contributed by atoms with E-state index in [2.05, 4.69) is 20.8 Å². The fourth-order valence-corrected chi connectivity index (χ4v) is 9.89. The summed E-state index contributed by atoms with van der Waals surface area (Å²) in [5.41, 5.74) is 1.03. The molecule has 4 saturated carbocycles. The van der Waals surface area contributed by atoms with Gasteiger partial charge in [-0.15, -0.1) is 0 Å². The Labute approximate surface area is 232 Å². The van der Waals surface area contributed by atoms with Gasteiger partial charge in [0.2, 0.25) is 0 Å². The topological polar surface area (TPSA) is 95.7 Å². The van der Waals surface area contributed by atoms with Gasteiger partial charge in [0.1, 0.15) is 6.10 Å². The maximum atomic E-state index is 12.8. The number of nitro benzene ring substituents is 1. The first-order valence-corrected chi connectivity index (χ1v) is 15.1. The Morgan fingerprint density at radius 3 is 2.38 bits per heavy atom. The number of fused-ring (bicyclic) bond motifs is 5. The van der Waals surface area contributed by atoms with Crippen LogP contribution in [0, 0.1) is 56.5 Å². The van der Waals surface area contributed by atoms with Gasteiger partial charge < -0.3 is 9.47 Å². The lowest BCUT2D eigenvalue weighted by Crippen LogP contribution is -2.54. The zero-order valence-corrected chi connectivity index (χ0v) is 24.0. The molecule has 0 heterocycles. The smallest absolute Gasteiger partial charge is 0.338 e. The Morgan fingerprint density at radius 2 is 1.69 bits per heavy atom. The molecule has 4 unspecified atom stereocenters. The lowest BCUT2D eigenvalue weighted by molar-refractivity contribution is -0.384. The number of hydrogen-bond acceptors (Lipinski definition) is 6. The molecule has 0 amide bonds. The molecule has 9 atom stereocenters. The first-order chi connectivity index (χ1) is 18.6. The van der Waals surface area contributed by atoms with E-state index >= 15 is 0 Å². The van der Waals surface area contributed by atoms with E-state index in [4.69, 9.17) is 9.47 Å². The van der Waals surface area contributed by atoms with E-state index in [0.717, 1.165) is 43.4 Å². The quantitative estimate of drug-likeness (QED) is 0.204. The molecule has 0 aromatic heterocycles. The van der Waals surface area contributed by atoms with Crippen molar-refractivity contribution in [2.24, 2.45) is 46.3 Å². The molecule has 214 valence electrons. The van der Waals surface area contributed by atoms with Crippen LogP contribution in [-0.4, -0.2) is 30.1 Å². The summed E-state index contributed by atoms with van der Waals surface area (Å²) in [7, 11) is 1.48. The van der Waals surface area contributed by atoms with Crippen molar-refractivity contribution in [2.75, 3.05) is 7.11 Å². The zero-order valence-electron chi connectivity index (χ0n) is 24.0. The molecule has 5 rings (SSSR count). The number of nitro groups is 1. The maximum absolute atomic E-state index is 12.8. The molecule has 0 saturated heterocycles. The van der Waals surface area contributed by atoms with E-state index in [-0.39, 0.29) is 23.7 Å². The summed E-state index contributed by atoms with van der Waals surface area (Å²) >= 11 is 0. The molecule has 39 heavy (non-hydrogen) atoms. The van der Waals surface area contributed by atoms with Crippen molar-refractivity contribution in [3.63, 3.8) is 0 Å². The van der Waals surface area contributed by atoms with Crippen LogP contribution in [0.2, 0.25) is 0 Å². The van der Waals surface area contributed by atoms with Gasteiger partial charge in [0, 0.05) is 18.6 Å². The number of benzene rings is 1. The minimum absolute atomic E-state index is 0.0236. The molecule has 0 radical (unpaired) electrons. The highest BCUT2D eigenvalue weighted by atomic mass is 16.6. The van der Waals surface area contributed by atoms with Gasteiger partial charge in [-0.3, -0.25) is 14.9 Å². The van der Waals surface area contributed by atoms with Crippen molar-refractivity contribution in [1.29, 1.82) is 0 Å². The molecule has 4 fully saturated rings. The van der Waals surface area contributed by atoms with Gasteiger partial charge >= 0.3 is 11.9 Å². The molecular formula is C32H45NO6. The van der Waals surface area contributed by atoms with Crippen LogP contribution in [0.1, 0.15) is 102 Å². The second-order valence-electron chi connectivity index (χ2n) is 13.6. The summed E-state index contributed by atoms with van der Waals surface area (Å²) in [6.45, 7) is 7.44. The Morgan fingerprint density at radius 1 is 1.00 bits per heavy atom. The monoisotopic (exact) mass is 539 g/mol. The van der Waals surface area contributed by atoms with Gasteiger partial charge in [-0.1, -0.05) is 20.8 Å². The molecule has 0 aliphatic heterocycles. The highest BCUT2D eigenvalue weighted by Gasteiger charge is 2.60. The highest BCUT2D eigenvalue weighted by molar-refractivity contribution is 5.89. The van der Waals surface area contributed by atoms with E-state index in [1.54, 1.807) is 0 Å². The first-order valence-electron chi connectivity index (χ1n) is 15.1. The minimum Gasteiger partial charge on any atom is -0.469 e. The minimum atomic E-state index is -0.460. The predicted octanol–water partition coefficient (Wildman–Crippen LogP) is 7.37. The summed E-state index contributed by atoms with van der Waals surface area (Å²) < 4.78 is 10.8. The Bertz CT molecular complexity index is 1090. The van der Waals surface area contributed by atoms with Gasteiger partial charge in [0.15, 0.2) is 0 Å². The third kappa shape index (κ3) is 5.11. The van der Waals surface area contributed by atoms with Crippen LogP contribution < -0.4 is 0 Å². The van der Waals surface area contributed by atoms with Gasteiger partial charge in [0.05, 0.1) is 17.6 Å². The standard InChI is InChI=1S/C32H45NO6/c1-20(5-14-29(34)38-4)26-12-13-27-25-11-8-22-19-24(15-17-31(22,2)28(25)16-18-32(26,27)3)39-30(35)21-6-9-23(10-7-21)33(36)37/h6-7,9-10,20,22,24-28H,5,8,11-19H2,1-4H3/t20-,22?,24+,25+,26?,27+,28+,31?,32?/m1/s1. The van der Waals surface area contributed by atoms with Crippen LogP contribution in [0.3, 0.4) is 0 Å². The Balaban J connectivity index is 1.21. The van der Waals surface area contributed by atoms with Crippen molar-refractivity contribution < 1.29 is 24.0 Å². The number of ether oxygens (including phenoxy) is 2. The zero-order chi connectivity index (χ0) is 27.9. The molecule has 0 N–H and O–H groups in total. The fraction of sp³-hybridized carbons (Fsp3) is 0.750. The van der Waals surface area contributed by atoms with Crippen LogP contribution in [0.25, 0.3) is 0 Å². The van der Waals surface area contributed by atoms with Crippen LogP contribution in [0.5, 0.6) is 0 Å². The van der Waals surface area contributed by atoms with E-state index in [9.17, 15) is 19.7 Å². The maximum Gasteiger partial charge on any atom is 0.338 e. The molecule has 7 heteroatoms. The normalized spacial score (nSPS) is 38.1. The van der Waals surface area contributed by atoms with Crippen LogP contribution in [0.15, 0.2) is 24.3 Å². The lowest BCUT2D eigenvalue weighted by Gasteiger charge is -2.61. The summed E-state index contributed by atoms with van der Waals surface area (Å²) in [6, 6.07) is 5.70. The summed E-state index contributed by atoms with van der Waals surface area (Å²) in [6.07, 6.45) is 11.9. The van der Waals surface area contributed by atoms with Gasteiger partial charge in [0.25, 0.3) is 5.69 Å². The second kappa shape index (κ2) is 10.9. The third-order valence-corrected chi connectivity index (χ3v) is 12.0. The average Bonchev–Trinajstić information content (AvgIpc) is 3.29. The molecule has 1 aromatic carbocycles. The predicted molar refractivity (Wildman–Crippen MR) is 148 cm³/mol. The Kier molecular flexibility index (Phi) is 7.82. The van der Waals surface area contributed by atoms with E-state index in [0.29, 0.717) is 40.6 Å². The van der Waals surface area contributed by atoms with Crippen molar-refractivity contribution >= 4 is 17.6 Å². The fourth-order valence-electron chi connectivity index (χ4n) is 9.89. The van der Waals surface area contributed by atoms with E-state index < -0.39 is 4.92 Å². The van der Waals surface area contributed by atoms with Crippen molar-refractivity contribution in [1.82, 2.24) is 0 Å². The molecule has 7 nitrogen and oxygen atoms in total. The number of carbonyl (C=O) groups is 2. The molecule has 4 aliphatic carbocycles. The molecule has 4 aliphatic rings. The number of hydrogen-bond donors (Lipinski definition) is 0. The number of esters is 2. The van der Waals surface area contributed by atoms with Gasteiger partial charge in [-0.2, -0.15) is 0 Å². The van der Waals surface area contributed by atoms with Crippen LogP contribution >= 0.6 is 0 Å². The number of rotatable bonds is 7. The largest absolute Gasteiger partial charge is 0.469 e. The number of nitrogens with zero attached hydrogens (tertiary/aromatic N) is 1. The SMILES string of the molecule is COC(=O)CC[C@@H](C)C1CC[C@H]2[C@@H]3CCC4C[C@@H](OC(=O)c5ccc([N+](=O)[O-])cc5)CCC4(C)[C@H]3CCC12C. The summed E-state index contributed by atoms with van der Waals surface area (Å²) in [4.78, 5) is 35.0.